The molecule has 0 saturated heterocycles. The number of nitrogens with one attached hydrogen (secondary N) is 1. The van der Waals surface area contributed by atoms with E-state index < -0.39 is 0 Å². The zero-order valence-corrected chi connectivity index (χ0v) is 6.63. The predicted octanol–water partition coefficient (Wildman–Crippen LogP) is 0.233. The van der Waals surface area contributed by atoms with Crippen LogP contribution in [0, 0.1) is 0 Å². The van der Waals surface area contributed by atoms with Gasteiger partial charge in [-0.05, 0) is 19.3 Å². The quantitative estimate of drug-likeness (QED) is 0.597. The minimum atomic E-state index is -0.223. The molecule has 1 rings (SSSR count). The largest absolute Gasteiger partial charge is 0.375 e. The molecule has 0 aliphatic heterocycles. The van der Waals surface area contributed by atoms with E-state index in [1.807, 2.05) is 0 Å². The molecule has 0 atom stereocenters. The fourth-order valence-electron chi connectivity index (χ4n) is 0.798. The maximum atomic E-state index is 10.7. The Hall–Kier alpha value is -0.610. The Balaban J connectivity index is 1.96. The molecule has 4 nitrogen and oxygen atoms in total. The van der Waals surface area contributed by atoms with E-state index in [0.29, 0.717) is 0 Å². The van der Waals surface area contributed by atoms with Gasteiger partial charge in [0.2, 0.25) is 0 Å². The molecule has 0 heterocycles. The van der Waals surface area contributed by atoms with Gasteiger partial charge in [-0.1, -0.05) is 0 Å². The van der Waals surface area contributed by atoms with Crippen molar-refractivity contribution in [2.75, 3.05) is 13.7 Å². The summed E-state index contributed by atoms with van der Waals surface area (Å²) in [6.45, 7) is 0.0622. The van der Waals surface area contributed by atoms with E-state index in [4.69, 9.17) is 4.84 Å². The van der Waals surface area contributed by atoms with Crippen LogP contribution in [0.2, 0.25) is 0 Å². The van der Waals surface area contributed by atoms with Crippen molar-refractivity contribution in [3.63, 3.8) is 0 Å². The third-order valence-electron chi connectivity index (χ3n) is 1.67. The van der Waals surface area contributed by atoms with Crippen molar-refractivity contribution in [1.29, 1.82) is 0 Å². The van der Waals surface area contributed by atoms with Gasteiger partial charge in [0.1, 0.15) is 6.61 Å². The van der Waals surface area contributed by atoms with Crippen LogP contribution in [-0.4, -0.2) is 25.7 Å². The topological polar surface area (TPSA) is 47.6 Å². The summed E-state index contributed by atoms with van der Waals surface area (Å²) in [6, 6.07) is 0. The van der Waals surface area contributed by atoms with Crippen LogP contribution in [0.1, 0.15) is 19.3 Å². The first-order valence-electron chi connectivity index (χ1n) is 3.76. The van der Waals surface area contributed by atoms with Gasteiger partial charge < -0.3 is 4.74 Å². The lowest BCUT2D eigenvalue weighted by molar-refractivity contribution is -0.146. The monoisotopic (exact) mass is 159 g/mol. The fourth-order valence-corrected chi connectivity index (χ4v) is 0.798. The molecule has 0 bridgehead atoms. The number of methoxy groups -OCH3 is 1. The second-order valence-electron chi connectivity index (χ2n) is 2.63. The van der Waals surface area contributed by atoms with E-state index >= 15 is 0 Å². The second kappa shape index (κ2) is 4.31. The fraction of sp³-hybridized carbons (Fsp3) is 0.857. The minimum Gasteiger partial charge on any atom is -0.375 e. The first-order valence-corrected chi connectivity index (χ1v) is 3.76. The Morgan fingerprint density at radius 3 is 2.82 bits per heavy atom. The van der Waals surface area contributed by atoms with Crippen molar-refractivity contribution < 1.29 is 14.4 Å². The number of hydroxylamine groups is 1. The van der Waals surface area contributed by atoms with Gasteiger partial charge in [-0.2, -0.15) is 0 Å². The van der Waals surface area contributed by atoms with E-state index in [-0.39, 0.29) is 18.6 Å². The van der Waals surface area contributed by atoms with Crippen LogP contribution in [0.3, 0.4) is 0 Å². The summed E-state index contributed by atoms with van der Waals surface area (Å²) in [6.07, 6.45) is 3.53. The molecule has 0 aromatic heterocycles. The summed E-state index contributed by atoms with van der Waals surface area (Å²) in [7, 11) is 1.48. The number of amides is 1. The van der Waals surface area contributed by atoms with Gasteiger partial charge in [-0.15, -0.1) is 0 Å². The Kier molecular flexibility index (Phi) is 3.32. The van der Waals surface area contributed by atoms with E-state index in [2.05, 4.69) is 10.2 Å². The number of ether oxygens (including phenoxy) is 1. The molecule has 0 radical (unpaired) electrons. The van der Waals surface area contributed by atoms with Gasteiger partial charge in [0, 0.05) is 7.11 Å². The lowest BCUT2D eigenvalue weighted by Gasteiger charge is -2.24. The zero-order chi connectivity index (χ0) is 8.10. The van der Waals surface area contributed by atoms with Crippen LogP contribution in [0.25, 0.3) is 0 Å². The third kappa shape index (κ3) is 2.86. The molecular weight excluding hydrogens is 146 g/mol. The third-order valence-corrected chi connectivity index (χ3v) is 1.67. The Morgan fingerprint density at radius 2 is 2.36 bits per heavy atom. The highest BCUT2D eigenvalue weighted by Gasteiger charge is 2.18. The molecule has 1 aliphatic rings. The molecule has 11 heavy (non-hydrogen) atoms. The summed E-state index contributed by atoms with van der Waals surface area (Å²) >= 11 is 0. The normalized spacial score (nSPS) is 17.5. The molecule has 0 aromatic rings. The molecule has 1 saturated carbocycles. The first-order chi connectivity index (χ1) is 5.33. The molecule has 0 aromatic carbocycles. The van der Waals surface area contributed by atoms with Crippen molar-refractivity contribution in [2.45, 2.75) is 25.4 Å². The zero-order valence-electron chi connectivity index (χ0n) is 6.63. The van der Waals surface area contributed by atoms with E-state index in [9.17, 15) is 4.79 Å². The van der Waals surface area contributed by atoms with Crippen LogP contribution in [0.4, 0.5) is 0 Å². The van der Waals surface area contributed by atoms with Crippen molar-refractivity contribution in [3.05, 3.63) is 0 Å². The highest BCUT2D eigenvalue weighted by atomic mass is 16.7. The average molecular weight is 159 g/mol. The van der Waals surface area contributed by atoms with Gasteiger partial charge in [0.25, 0.3) is 5.91 Å². The number of hydrogen-bond donors (Lipinski definition) is 1. The molecule has 1 amide bonds. The molecular formula is C7H13NO3. The minimum absolute atomic E-state index is 0.0622. The van der Waals surface area contributed by atoms with Crippen molar-refractivity contribution in [3.8, 4) is 0 Å². The maximum Gasteiger partial charge on any atom is 0.269 e. The van der Waals surface area contributed by atoms with Crippen molar-refractivity contribution in [1.82, 2.24) is 5.48 Å². The highest BCUT2D eigenvalue weighted by Crippen LogP contribution is 2.20. The van der Waals surface area contributed by atoms with Gasteiger partial charge in [0.05, 0.1) is 6.10 Å². The lowest BCUT2D eigenvalue weighted by atomic mass is 9.97. The number of carbonyl (C=O) groups excluding carboxylic acids is 1. The van der Waals surface area contributed by atoms with Gasteiger partial charge in [-0.3, -0.25) is 9.63 Å². The molecule has 4 heteroatoms. The summed E-state index contributed by atoms with van der Waals surface area (Å²) in [4.78, 5) is 15.7. The van der Waals surface area contributed by atoms with Gasteiger partial charge >= 0.3 is 0 Å². The van der Waals surface area contributed by atoms with Crippen molar-refractivity contribution in [2.24, 2.45) is 0 Å². The van der Waals surface area contributed by atoms with Crippen molar-refractivity contribution >= 4 is 5.91 Å². The molecule has 0 spiro atoms. The highest BCUT2D eigenvalue weighted by molar-refractivity contribution is 5.75. The van der Waals surface area contributed by atoms with E-state index in [1.54, 1.807) is 0 Å². The van der Waals surface area contributed by atoms with Crippen LogP contribution >= 0.6 is 0 Å². The lowest BCUT2D eigenvalue weighted by Crippen LogP contribution is -2.35. The van der Waals surface area contributed by atoms with Gasteiger partial charge in [0.15, 0.2) is 0 Å². The standard InChI is InChI=1S/C7H13NO3/c1-10-5-7(9)8-11-6-3-2-4-6/h6H,2-5H2,1H3,(H,8,9). The molecule has 1 aliphatic carbocycles. The first kappa shape index (κ1) is 8.49. The van der Waals surface area contributed by atoms with E-state index in [0.717, 1.165) is 12.8 Å². The summed E-state index contributed by atoms with van der Waals surface area (Å²) in [5.74, 6) is -0.223. The van der Waals surface area contributed by atoms with Gasteiger partial charge in [-0.25, -0.2) is 5.48 Å². The summed E-state index contributed by atoms with van der Waals surface area (Å²) < 4.78 is 4.60. The smallest absolute Gasteiger partial charge is 0.269 e. The number of hydrogen-bond acceptors (Lipinski definition) is 3. The number of carbonyl (C=O) groups is 1. The Morgan fingerprint density at radius 1 is 1.64 bits per heavy atom. The second-order valence-corrected chi connectivity index (χ2v) is 2.63. The number of rotatable bonds is 4. The maximum absolute atomic E-state index is 10.7. The van der Waals surface area contributed by atoms with Crippen LogP contribution < -0.4 is 5.48 Å². The Labute approximate surface area is 65.8 Å². The summed E-state index contributed by atoms with van der Waals surface area (Å²) in [5, 5.41) is 0. The average Bonchev–Trinajstić information content (AvgIpc) is 1.85. The van der Waals surface area contributed by atoms with Crippen LogP contribution in [0.5, 0.6) is 0 Å². The SMILES string of the molecule is COCC(=O)NOC1CCC1. The van der Waals surface area contributed by atoms with E-state index in [1.165, 1.54) is 13.5 Å². The Bertz CT molecular complexity index is 134. The van der Waals surface area contributed by atoms with Crippen LogP contribution in [0.15, 0.2) is 0 Å². The predicted molar refractivity (Wildman–Crippen MR) is 38.7 cm³/mol. The molecule has 64 valence electrons. The summed E-state index contributed by atoms with van der Waals surface area (Å²) in [5.41, 5.74) is 2.32. The van der Waals surface area contributed by atoms with Crippen LogP contribution in [-0.2, 0) is 14.4 Å². The molecule has 1 N–H and O–H groups in total. The molecule has 0 unspecified atom stereocenters. The molecule has 1 fully saturated rings.